The summed E-state index contributed by atoms with van der Waals surface area (Å²) in [7, 11) is 0. The lowest BCUT2D eigenvalue weighted by Crippen LogP contribution is -2.38. The minimum absolute atomic E-state index is 0.0319. The highest BCUT2D eigenvalue weighted by Gasteiger charge is 2.47. The van der Waals surface area contributed by atoms with E-state index in [0.717, 1.165) is 133 Å². The Morgan fingerprint density at radius 2 is 0.469 bits per heavy atom. The molecule has 145 heavy (non-hydrogen) atoms. The third kappa shape index (κ3) is 52.7. The quantitative estimate of drug-likeness (QED) is 0.0322. The molecule has 2 heterocycles. The van der Waals surface area contributed by atoms with Crippen molar-refractivity contribution >= 4 is 29.0 Å². The fourth-order valence-electron chi connectivity index (χ4n) is 25.7. The van der Waals surface area contributed by atoms with E-state index < -0.39 is 0 Å². The topological polar surface area (TPSA) is 48.5 Å². The number of fused-ring (bicyclic) bond motifs is 4. The number of carbonyl (C=O) groups excluding carboxylic acids is 1. The summed E-state index contributed by atoms with van der Waals surface area (Å²) in [5, 5.41) is 0. The molecule has 7 nitrogen and oxygen atoms in total. The fraction of sp³-hybridized carbons (Fsp3) is 0.819. The van der Waals surface area contributed by atoms with E-state index in [4.69, 9.17) is 9.47 Å². The number of hydrogen-bond donors (Lipinski definition) is 0. The first-order chi connectivity index (χ1) is 71.2. The van der Waals surface area contributed by atoms with Crippen molar-refractivity contribution in [2.24, 2.45) is 46.8 Å². The number of unbranched alkanes of at least 4 members (excludes halogenated alkanes) is 60. The molecule has 6 rings (SSSR count). The average molecular weight is 2010 g/mol. The maximum atomic E-state index is 15.8. The first-order valence-corrected chi connectivity index (χ1v) is 65.5. The van der Waals surface area contributed by atoms with E-state index in [1.807, 2.05) is 0 Å². The zero-order chi connectivity index (χ0) is 104. The summed E-state index contributed by atoms with van der Waals surface area (Å²) < 4.78 is 15.6. The van der Waals surface area contributed by atoms with E-state index in [1.165, 1.54) is 494 Å². The number of nitrogens with zero attached hydrogens (tertiary/aromatic N) is 4. The van der Waals surface area contributed by atoms with Crippen molar-refractivity contribution in [3.63, 3.8) is 0 Å². The van der Waals surface area contributed by atoms with Crippen molar-refractivity contribution in [3.05, 3.63) is 95.1 Å². The maximum Gasteiger partial charge on any atom is 0.133 e. The molecule has 0 N–H and O–H groups in total. The highest BCUT2D eigenvalue weighted by Crippen LogP contribution is 2.60. The largest absolute Gasteiger partial charge is 0.457 e. The van der Waals surface area contributed by atoms with Gasteiger partial charge in [-0.2, -0.15) is 0 Å². The van der Waals surface area contributed by atoms with Crippen LogP contribution in [-0.4, -0.2) is 58.6 Å². The molecule has 0 bridgehead atoms. The van der Waals surface area contributed by atoms with Crippen LogP contribution in [0.15, 0.2) is 72.8 Å². The Morgan fingerprint density at radius 3 is 0.697 bits per heavy atom. The van der Waals surface area contributed by atoms with E-state index in [1.54, 1.807) is 6.29 Å². The molecule has 7 atom stereocenters. The van der Waals surface area contributed by atoms with Crippen molar-refractivity contribution in [1.82, 2.24) is 0 Å². The summed E-state index contributed by atoms with van der Waals surface area (Å²) in [5.74, 6) is 6.18. The van der Waals surface area contributed by atoms with Crippen molar-refractivity contribution in [3.8, 4) is 23.0 Å². The van der Waals surface area contributed by atoms with E-state index in [2.05, 4.69) is 203 Å². The minimum Gasteiger partial charge on any atom is -0.457 e. The second kappa shape index (κ2) is 83.9. The molecule has 2 aliphatic rings. The van der Waals surface area contributed by atoms with Gasteiger partial charge < -0.3 is 33.9 Å². The molecular weight excluding hydrogens is 1760 g/mol. The van der Waals surface area contributed by atoms with Gasteiger partial charge in [-0.3, -0.25) is 0 Å². The highest BCUT2D eigenvalue weighted by molar-refractivity contribution is 5.67. The Hall–Kier alpha value is -4.65. The smallest absolute Gasteiger partial charge is 0.133 e. The third-order valence-electron chi connectivity index (χ3n) is 34.9. The van der Waals surface area contributed by atoms with Crippen LogP contribution in [0.25, 0.3) is 0 Å². The molecular formula is C138H244N4O3. The average Bonchev–Trinajstić information content (AvgIpc) is 0.742. The molecule has 0 aromatic heterocycles. The lowest BCUT2D eigenvalue weighted by atomic mass is 9.59. The van der Waals surface area contributed by atoms with Crippen LogP contribution in [-0.2, 0) is 4.79 Å². The molecule has 834 valence electrons. The number of aldehydes is 1. The number of ether oxygens (including phenoxy) is 2. The lowest BCUT2D eigenvalue weighted by molar-refractivity contribution is -0.115. The number of hydrogen-bond acceptors (Lipinski definition) is 7. The molecule has 7 heteroatoms. The third-order valence-corrected chi connectivity index (χ3v) is 34.9. The number of rotatable bonds is 101. The Bertz CT molecular complexity index is 3520. The van der Waals surface area contributed by atoms with E-state index >= 15 is 4.79 Å². The number of benzene rings is 4. The lowest BCUT2D eigenvalue weighted by Gasteiger charge is -2.46. The van der Waals surface area contributed by atoms with E-state index in [0.29, 0.717) is 23.7 Å². The van der Waals surface area contributed by atoms with Crippen molar-refractivity contribution in [1.29, 1.82) is 0 Å². The molecule has 0 radical (unpaired) electrons. The van der Waals surface area contributed by atoms with Gasteiger partial charge in [0.25, 0.3) is 0 Å². The molecule has 0 aliphatic carbocycles. The summed E-state index contributed by atoms with van der Waals surface area (Å²) in [5.41, 5.74) is 10.7. The van der Waals surface area contributed by atoms with Crippen molar-refractivity contribution in [2.75, 3.05) is 72.0 Å². The molecule has 0 saturated carbocycles. The molecule has 4 aromatic carbocycles. The van der Waals surface area contributed by atoms with Crippen LogP contribution in [0, 0.1) is 46.8 Å². The summed E-state index contributed by atoms with van der Waals surface area (Å²) in [6.45, 7) is 47.4. The van der Waals surface area contributed by atoms with Gasteiger partial charge in [-0.05, 0) is 142 Å². The molecule has 4 aromatic rings. The second-order valence-corrected chi connectivity index (χ2v) is 48.7. The Morgan fingerprint density at radius 1 is 0.255 bits per heavy atom. The van der Waals surface area contributed by atoms with Gasteiger partial charge >= 0.3 is 0 Å². The second-order valence-electron chi connectivity index (χ2n) is 48.7. The van der Waals surface area contributed by atoms with Crippen LogP contribution in [0.3, 0.4) is 0 Å². The van der Waals surface area contributed by atoms with Crippen LogP contribution in [0.1, 0.15) is 652 Å². The summed E-state index contributed by atoms with van der Waals surface area (Å²) >= 11 is 0. The van der Waals surface area contributed by atoms with E-state index in [9.17, 15) is 0 Å². The van der Waals surface area contributed by atoms with Gasteiger partial charge in [0, 0.05) is 139 Å². The summed E-state index contributed by atoms with van der Waals surface area (Å²) in [4.78, 5) is 26.6. The first kappa shape index (κ1) is 129. The molecule has 0 spiro atoms. The maximum absolute atomic E-state index is 15.8. The monoisotopic (exact) mass is 2010 g/mol. The predicted octanol–water partition coefficient (Wildman–Crippen LogP) is 45.7. The van der Waals surface area contributed by atoms with Gasteiger partial charge in [-0.25, -0.2) is 0 Å². The van der Waals surface area contributed by atoms with Gasteiger partial charge in [-0.1, -0.05) is 565 Å². The van der Waals surface area contributed by atoms with Gasteiger partial charge in [0.1, 0.15) is 29.3 Å². The Kier molecular flexibility index (Phi) is 74.6. The molecule has 7 unspecified atom stereocenters. The minimum atomic E-state index is -0.169. The zero-order valence-corrected chi connectivity index (χ0v) is 99.7. The summed E-state index contributed by atoms with van der Waals surface area (Å²) in [6, 6.07) is 30.6. The van der Waals surface area contributed by atoms with Gasteiger partial charge in [-0.15, -0.1) is 0 Å². The fourth-order valence-corrected chi connectivity index (χ4v) is 25.7. The zero-order valence-electron chi connectivity index (χ0n) is 99.7. The standard InChI is InChI=1S/C138H244N4O3/c1-17-29-41-43-45-47-49-51-53-55-57-59-61-63-65-67-69-71-73-75-77-79-81-83-85-87-90-119(109-117(13)89-31-19-3)134(136-126-96-92-122(139(101-33-21-5)102-34-22-6)111-130(126)144-131-112-123(93-97-127(131)136)140(103-35-23-7)104-36-24-8)118(14)110-120(91-88-86-84-82-80-78-76-74-72-70-68-66-64-62-60-58-56-54-52-50-48-46-44-42-30-18-2)135(121(116-143)115-138(15,16)100-32-20-4)137-128-98-94-124(141(105-37-25-9)106-38-26-10)113-132(128)145-133-114-125(95-99-129(133)137)142(107-39-27-11)108-40-28-12/h92-99,111-114,116-121,134-137H,17-91,100-110,115H2,1-16H3. The van der Waals surface area contributed by atoms with E-state index in [-0.39, 0.29) is 35.0 Å². The van der Waals surface area contributed by atoms with Crippen LogP contribution >= 0.6 is 0 Å². The van der Waals surface area contributed by atoms with Crippen LogP contribution in [0.4, 0.5) is 22.7 Å². The summed E-state index contributed by atoms with van der Waals surface area (Å²) in [6.07, 6.45) is 107. The molecule has 0 amide bonds. The predicted molar refractivity (Wildman–Crippen MR) is 647 cm³/mol. The SMILES string of the molecule is CCCCCCCCCCCCCCCCCCCCCCCCCCCCC(CC(C)CCCC)C(C(C)CC(CCCCCCCCCCCCCCCCCCCCCCCCCCCC)C(C(C=O)CC(C)(C)CCCC)C1c2ccc(N(CCCC)CCCC)cc2Oc2cc(N(CCCC)CCCC)ccc21)C1c2ccc(N(CCCC)CCCC)cc2Oc2cc(N(CCCC)CCCC)ccc21. The van der Waals surface area contributed by atoms with Crippen molar-refractivity contribution < 1.29 is 14.3 Å². The van der Waals surface area contributed by atoms with Crippen LogP contribution < -0.4 is 29.1 Å². The first-order valence-electron chi connectivity index (χ1n) is 65.5. The molecule has 0 fully saturated rings. The Balaban J connectivity index is 1.45. The van der Waals surface area contributed by atoms with Gasteiger partial charge in [0.05, 0.1) is 0 Å². The number of carbonyl (C=O) groups is 1. The Labute approximate surface area is 904 Å². The van der Waals surface area contributed by atoms with Gasteiger partial charge in [0.15, 0.2) is 0 Å². The van der Waals surface area contributed by atoms with Crippen LogP contribution in [0.2, 0.25) is 0 Å². The van der Waals surface area contributed by atoms with Crippen molar-refractivity contribution in [2.45, 2.75) is 630 Å². The van der Waals surface area contributed by atoms with Crippen LogP contribution in [0.5, 0.6) is 23.0 Å². The molecule has 0 saturated heterocycles. The number of anilines is 4. The normalized spacial score (nSPS) is 14.2. The highest BCUT2D eigenvalue weighted by atomic mass is 16.5. The molecule has 2 aliphatic heterocycles. The van der Waals surface area contributed by atoms with Gasteiger partial charge in [0.2, 0.25) is 0 Å².